The van der Waals surface area contributed by atoms with Crippen LogP contribution in [0, 0.1) is 6.92 Å². The van der Waals surface area contributed by atoms with Crippen LogP contribution in [0.4, 0.5) is 0 Å². The van der Waals surface area contributed by atoms with E-state index in [1.807, 2.05) is 0 Å². The van der Waals surface area contributed by atoms with E-state index in [0.717, 1.165) is 12.8 Å². The molecule has 0 N–H and O–H groups in total. The number of rotatable bonds is 3. The molecule has 16 heavy (non-hydrogen) atoms. The van der Waals surface area contributed by atoms with Crippen LogP contribution in [0.25, 0.3) is 0 Å². The first kappa shape index (κ1) is 11.2. The Bertz CT molecular complexity index is 367. The molecule has 2 rings (SSSR count). The Morgan fingerprint density at radius 2 is 2.00 bits per heavy atom. The molecule has 2 atom stereocenters. The summed E-state index contributed by atoms with van der Waals surface area (Å²) in [5.74, 6) is 0.206. The first-order valence-corrected chi connectivity index (χ1v) is 5.96. The van der Waals surface area contributed by atoms with Gasteiger partial charge in [-0.2, -0.15) is 0 Å². The molecule has 0 bridgehead atoms. The van der Waals surface area contributed by atoms with Gasteiger partial charge in [0.25, 0.3) is 0 Å². The van der Waals surface area contributed by atoms with Crippen molar-refractivity contribution in [1.29, 1.82) is 0 Å². The summed E-state index contributed by atoms with van der Waals surface area (Å²) in [6, 6.07) is 8.43. The first-order valence-electron chi connectivity index (χ1n) is 5.96. The maximum Gasteiger partial charge on any atom is 0.306 e. The summed E-state index contributed by atoms with van der Waals surface area (Å²) in [6.45, 7) is 4.20. The molecule has 2 nitrogen and oxygen atoms in total. The van der Waals surface area contributed by atoms with Crippen LogP contribution in [0.3, 0.4) is 0 Å². The topological polar surface area (TPSA) is 26.3 Å². The highest BCUT2D eigenvalue weighted by Gasteiger charge is 2.34. The molecule has 1 aromatic carbocycles. The van der Waals surface area contributed by atoms with Crippen molar-refractivity contribution < 1.29 is 9.53 Å². The molecule has 0 unspecified atom stereocenters. The van der Waals surface area contributed by atoms with Crippen LogP contribution < -0.4 is 0 Å². The lowest BCUT2D eigenvalue weighted by Gasteiger charge is -2.17. The molecule has 0 aromatic heterocycles. The quantitative estimate of drug-likeness (QED) is 0.728. The van der Waals surface area contributed by atoms with E-state index in [1.165, 1.54) is 11.1 Å². The molecule has 0 amide bonds. The van der Waals surface area contributed by atoms with Gasteiger partial charge in [0.2, 0.25) is 0 Å². The van der Waals surface area contributed by atoms with Gasteiger partial charge in [-0.05, 0) is 18.9 Å². The second-order valence-electron chi connectivity index (χ2n) is 4.54. The van der Waals surface area contributed by atoms with Gasteiger partial charge in [0.15, 0.2) is 0 Å². The van der Waals surface area contributed by atoms with Crippen LogP contribution in [0.15, 0.2) is 24.3 Å². The zero-order valence-corrected chi connectivity index (χ0v) is 9.90. The highest BCUT2D eigenvalue weighted by molar-refractivity contribution is 5.73. The van der Waals surface area contributed by atoms with Crippen LogP contribution in [0.5, 0.6) is 0 Å². The minimum Gasteiger partial charge on any atom is -0.462 e. The van der Waals surface area contributed by atoms with E-state index < -0.39 is 0 Å². The molecule has 1 heterocycles. The van der Waals surface area contributed by atoms with Crippen molar-refractivity contribution in [1.82, 2.24) is 0 Å². The van der Waals surface area contributed by atoms with E-state index in [0.29, 0.717) is 6.42 Å². The molecule has 0 aliphatic carbocycles. The summed E-state index contributed by atoms with van der Waals surface area (Å²) >= 11 is 0. The van der Waals surface area contributed by atoms with Crippen molar-refractivity contribution in [2.24, 2.45) is 0 Å². The van der Waals surface area contributed by atoms with E-state index in [2.05, 4.69) is 38.1 Å². The number of aryl methyl sites for hydroxylation is 1. The Balaban J connectivity index is 2.18. The largest absolute Gasteiger partial charge is 0.462 e. The molecule has 1 fully saturated rings. The zero-order valence-electron chi connectivity index (χ0n) is 9.90. The van der Waals surface area contributed by atoms with Gasteiger partial charge in [0.1, 0.15) is 6.10 Å². The number of ether oxygens (including phenoxy) is 1. The van der Waals surface area contributed by atoms with E-state index in [-0.39, 0.29) is 18.0 Å². The molecule has 0 saturated carbocycles. The summed E-state index contributed by atoms with van der Waals surface area (Å²) < 4.78 is 5.36. The summed E-state index contributed by atoms with van der Waals surface area (Å²) in [4.78, 5) is 11.4. The molecule has 1 saturated heterocycles. The van der Waals surface area contributed by atoms with Crippen molar-refractivity contribution in [2.75, 3.05) is 0 Å². The van der Waals surface area contributed by atoms with E-state index in [4.69, 9.17) is 4.74 Å². The van der Waals surface area contributed by atoms with Crippen molar-refractivity contribution in [3.05, 3.63) is 35.4 Å². The number of hydrogen-bond acceptors (Lipinski definition) is 2. The van der Waals surface area contributed by atoms with Gasteiger partial charge >= 0.3 is 5.97 Å². The number of carbonyl (C=O) groups excluding carboxylic acids is 1. The number of benzene rings is 1. The maximum absolute atomic E-state index is 11.4. The summed E-state index contributed by atoms with van der Waals surface area (Å²) in [6.07, 6.45) is 2.64. The maximum atomic E-state index is 11.4. The standard InChI is InChI=1S/C14H18O2/c1-3-4-13-12(9-14(15)16-13)11-7-5-10(2)6-8-11/h5-8,12-13H,3-4,9H2,1-2H3/t12-,13-/m1/s1. The molecule has 0 spiro atoms. The first-order chi connectivity index (χ1) is 7.70. The van der Waals surface area contributed by atoms with Crippen molar-refractivity contribution in [3.8, 4) is 0 Å². The molecular formula is C14H18O2. The van der Waals surface area contributed by atoms with Crippen LogP contribution in [0.1, 0.15) is 43.2 Å². The minimum absolute atomic E-state index is 0.0518. The Hall–Kier alpha value is -1.31. The van der Waals surface area contributed by atoms with Gasteiger partial charge in [0.05, 0.1) is 6.42 Å². The van der Waals surface area contributed by atoms with E-state index in [9.17, 15) is 4.79 Å². The Morgan fingerprint density at radius 1 is 1.31 bits per heavy atom. The SMILES string of the molecule is CCC[C@H]1OC(=O)C[C@@H]1c1ccc(C)cc1. The lowest BCUT2D eigenvalue weighted by Crippen LogP contribution is -2.14. The number of esters is 1. The third-order valence-corrected chi connectivity index (χ3v) is 3.20. The van der Waals surface area contributed by atoms with Gasteiger partial charge < -0.3 is 4.74 Å². The smallest absolute Gasteiger partial charge is 0.306 e. The fraction of sp³-hybridized carbons (Fsp3) is 0.500. The lowest BCUT2D eigenvalue weighted by atomic mass is 9.90. The average Bonchev–Trinajstić information content (AvgIpc) is 2.61. The Labute approximate surface area is 96.6 Å². The van der Waals surface area contributed by atoms with Crippen LogP contribution in [0.2, 0.25) is 0 Å². The van der Waals surface area contributed by atoms with Gasteiger partial charge in [-0.3, -0.25) is 4.79 Å². The fourth-order valence-corrected chi connectivity index (χ4v) is 2.30. The van der Waals surface area contributed by atoms with Gasteiger partial charge in [-0.25, -0.2) is 0 Å². The van der Waals surface area contributed by atoms with Crippen molar-refractivity contribution in [2.45, 2.75) is 45.1 Å². The zero-order chi connectivity index (χ0) is 11.5. The molecule has 1 aliphatic rings. The molecule has 0 radical (unpaired) electrons. The highest BCUT2D eigenvalue weighted by Crippen LogP contribution is 2.34. The van der Waals surface area contributed by atoms with Crippen LogP contribution in [-0.2, 0) is 9.53 Å². The van der Waals surface area contributed by atoms with Gasteiger partial charge in [-0.1, -0.05) is 43.2 Å². The highest BCUT2D eigenvalue weighted by atomic mass is 16.5. The average molecular weight is 218 g/mol. The van der Waals surface area contributed by atoms with E-state index in [1.54, 1.807) is 0 Å². The van der Waals surface area contributed by atoms with Crippen molar-refractivity contribution in [3.63, 3.8) is 0 Å². The number of hydrogen-bond donors (Lipinski definition) is 0. The van der Waals surface area contributed by atoms with Crippen LogP contribution >= 0.6 is 0 Å². The summed E-state index contributed by atoms with van der Waals surface area (Å²) in [7, 11) is 0. The molecular weight excluding hydrogens is 200 g/mol. The molecule has 1 aliphatic heterocycles. The fourth-order valence-electron chi connectivity index (χ4n) is 2.30. The van der Waals surface area contributed by atoms with Crippen molar-refractivity contribution >= 4 is 5.97 Å². The molecule has 2 heteroatoms. The number of cyclic esters (lactones) is 1. The predicted octanol–water partition coefficient (Wildman–Crippen LogP) is 3.19. The minimum atomic E-state index is -0.0518. The summed E-state index contributed by atoms with van der Waals surface area (Å²) in [5, 5.41) is 0. The van der Waals surface area contributed by atoms with Gasteiger partial charge in [0, 0.05) is 5.92 Å². The lowest BCUT2D eigenvalue weighted by molar-refractivity contribution is -0.141. The second-order valence-corrected chi connectivity index (χ2v) is 4.54. The Kier molecular flexibility index (Phi) is 3.28. The monoisotopic (exact) mass is 218 g/mol. The van der Waals surface area contributed by atoms with Crippen LogP contribution in [-0.4, -0.2) is 12.1 Å². The molecule has 86 valence electrons. The van der Waals surface area contributed by atoms with E-state index >= 15 is 0 Å². The van der Waals surface area contributed by atoms with Gasteiger partial charge in [-0.15, -0.1) is 0 Å². The predicted molar refractivity (Wildman–Crippen MR) is 63.3 cm³/mol. The summed E-state index contributed by atoms with van der Waals surface area (Å²) in [5.41, 5.74) is 2.48. The second kappa shape index (κ2) is 4.69. The number of carbonyl (C=O) groups is 1. The molecule has 1 aromatic rings. The normalized spacial score (nSPS) is 24.5. The third kappa shape index (κ3) is 2.26. The Morgan fingerprint density at radius 3 is 2.62 bits per heavy atom. The third-order valence-electron chi connectivity index (χ3n) is 3.20.